The van der Waals surface area contributed by atoms with E-state index in [-0.39, 0.29) is 0 Å². The second-order valence-corrected chi connectivity index (χ2v) is 1.67. The summed E-state index contributed by atoms with van der Waals surface area (Å²) in [6.45, 7) is 2.88. The van der Waals surface area contributed by atoms with Gasteiger partial charge in [-0.25, -0.2) is 0 Å². The minimum atomic E-state index is -1.15. The van der Waals surface area contributed by atoms with Crippen LogP contribution in [0.3, 0.4) is 0 Å². The van der Waals surface area contributed by atoms with Crippen molar-refractivity contribution in [3.05, 3.63) is 0 Å². The van der Waals surface area contributed by atoms with E-state index >= 15 is 0 Å². The Kier molecular flexibility index (Phi) is 1.16. The Morgan fingerprint density at radius 1 is 1.67 bits per heavy atom. The van der Waals surface area contributed by atoms with Crippen LogP contribution in [0.2, 0.25) is 0 Å². The van der Waals surface area contributed by atoms with E-state index in [0.29, 0.717) is 0 Å². The molecule has 0 aromatic carbocycles. The van der Waals surface area contributed by atoms with E-state index in [2.05, 4.69) is 0 Å². The predicted octanol–water partition coefficient (Wildman–Crippen LogP) is 0.281. The van der Waals surface area contributed by atoms with Gasteiger partial charge in [-0.1, -0.05) is 0 Å². The Morgan fingerprint density at radius 2 is 1.83 bits per heavy atom. The number of rotatable bonds is 0. The molecule has 1 unspecified atom stereocenters. The van der Waals surface area contributed by atoms with Crippen molar-refractivity contribution in [2.45, 2.75) is 19.4 Å². The molecule has 1 atom stereocenters. The monoisotopic (exact) mass is 84.1 g/mol. The highest BCUT2D eigenvalue weighted by Crippen LogP contribution is 1.93. The summed E-state index contributed by atoms with van der Waals surface area (Å²) in [7, 11) is 0. The van der Waals surface area contributed by atoms with Gasteiger partial charge in [0.15, 0.2) is 0 Å². The van der Waals surface area contributed by atoms with Crippen molar-refractivity contribution in [1.29, 1.82) is 5.26 Å². The standard InChI is InChI=1S/C4H7NO/c1-4(2,6)3-5/h6H,1-2H3/i1-1. The van der Waals surface area contributed by atoms with Crippen LogP contribution in [0.1, 0.15) is 13.8 Å². The molecule has 1 N–H and O–H groups in total. The summed E-state index contributed by atoms with van der Waals surface area (Å²) in [5, 5.41) is 16.4. The smallest absolute Gasteiger partial charge is 0.145 e. The average molecular weight is 84.1 g/mol. The molecule has 6 heavy (non-hydrogen) atoms. The molecule has 0 amide bonds. The van der Waals surface area contributed by atoms with E-state index in [9.17, 15) is 0 Å². The molecule has 0 saturated heterocycles. The van der Waals surface area contributed by atoms with Gasteiger partial charge in [-0.2, -0.15) is 5.26 Å². The van der Waals surface area contributed by atoms with E-state index in [4.69, 9.17) is 10.4 Å². The van der Waals surface area contributed by atoms with Gasteiger partial charge in [0.1, 0.15) is 5.60 Å². The average Bonchev–Trinajstić information content (AvgIpc) is 1.35. The zero-order valence-electron chi connectivity index (χ0n) is 3.89. The number of hydrogen-bond acceptors (Lipinski definition) is 2. The van der Waals surface area contributed by atoms with Crippen LogP contribution in [0, 0.1) is 11.3 Å². The lowest BCUT2D eigenvalue weighted by molar-refractivity contribution is 0.141. The van der Waals surface area contributed by atoms with Crippen molar-refractivity contribution in [1.82, 2.24) is 0 Å². The molecule has 0 aliphatic rings. The van der Waals surface area contributed by atoms with Crippen LogP contribution in [-0.4, -0.2) is 10.7 Å². The number of aliphatic hydroxyl groups is 1. The lowest BCUT2D eigenvalue weighted by atomic mass is 9.94. The third-order valence-electron chi connectivity index (χ3n) is 0.274. The Balaban J connectivity index is 3.55. The molecule has 0 aliphatic heterocycles. The summed E-state index contributed by atoms with van der Waals surface area (Å²) in [5.41, 5.74) is -1.15. The summed E-state index contributed by atoms with van der Waals surface area (Å²) in [4.78, 5) is 0. The number of nitrogens with zero attached hydrogens (tertiary/aromatic N) is 1. The summed E-state index contributed by atoms with van der Waals surface area (Å²) < 4.78 is 0. The van der Waals surface area contributed by atoms with Crippen LogP contribution in [0.4, 0.5) is 0 Å². The van der Waals surface area contributed by atoms with Gasteiger partial charge in [-0.05, 0) is 13.8 Å². The van der Waals surface area contributed by atoms with E-state index in [0.717, 1.165) is 0 Å². The topological polar surface area (TPSA) is 44.0 Å². The Bertz CT molecular complexity index is 74.5. The van der Waals surface area contributed by atoms with Crippen LogP contribution in [-0.2, 0) is 0 Å². The second-order valence-electron chi connectivity index (χ2n) is 1.67. The molecule has 0 aromatic heterocycles. The number of hydrogen-bond donors (Lipinski definition) is 1. The molecule has 0 aliphatic carbocycles. The van der Waals surface area contributed by atoms with Crippen molar-refractivity contribution < 1.29 is 5.11 Å². The van der Waals surface area contributed by atoms with Gasteiger partial charge < -0.3 is 5.11 Å². The molecular weight excluding hydrogens is 77.1 g/mol. The zero-order chi connectivity index (χ0) is 5.21. The molecular formula is C4H7NO. The molecule has 0 fully saturated rings. The maximum atomic E-state index is 8.47. The Labute approximate surface area is 37.0 Å². The molecule has 0 heterocycles. The van der Waals surface area contributed by atoms with Crippen LogP contribution < -0.4 is 0 Å². The molecule has 34 valence electrons. The van der Waals surface area contributed by atoms with Crippen LogP contribution in [0.15, 0.2) is 0 Å². The van der Waals surface area contributed by atoms with Crippen molar-refractivity contribution in [3.63, 3.8) is 0 Å². The molecule has 0 rings (SSSR count). The fourth-order valence-electron chi connectivity index (χ4n) is 0. The highest BCUT2D eigenvalue weighted by Gasteiger charge is 2.07. The fraction of sp³-hybridized carbons (Fsp3) is 0.750. The first-order valence-electron chi connectivity index (χ1n) is 1.70. The third kappa shape index (κ3) is 3.45. The molecule has 2 nitrogen and oxygen atoms in total. The van der Waals surface area contributed by atoms with E-state index in [1.54, 1.807) is 6.07 Å². The second kappa shape index (κ2) is 1.27. The quantitative estimate of drug-likeness (QED) is 0.428. The minimum Gasteiger partial charge on any atom is -0.376 e. The fourth-order valence-corrected chi connectivity index (χ4v) is 0. The summed E-state index contributed by atoms with van der Waals surface area (Å²) in [6, 6.07) is 1.66. The first-order valence-corrected chi connectivity index (χ1v) is 1.70. The van der Waals surface area contributed by atoms with Crippen LogP contribution in [0.25, 0.3) is 0 Å². The minimum absolute atomic E-state index is 1.15. The molecule has 0 spiro atoms. The number of nitriles is 1. The summed E-state index contributed by atoms with van der Waals surface area (Å²) in [6.07, 6.45) is 0. The van der Waals surface area contributed by atoms with Crippen molar-refractivity contribution in [2.75, 3.05) is 0 Å². The van der Waals surface area contributed by atoms with Gasteiger partial charge in [0.25, 0.3) is 0 Å². The third-order valence-corrected chi connectivity index (χ3v) is 0.274. The van der Waals surface area contributed by atoms with Crippen molar-refractivity contribution in [3.8, 4) is 6.07 Å². The van der Waals surface area contributed by atoms with Gasteiger partial charge in [0.05, 0.1) is 6.07 Å². The summed E-state index contributed by atoms with van der Waals surface area (Å²) >= 11 is 0. The highest BCUT2D eigenvalue weighted by atomic mass is 16.3. The van der Waals surface area contributed by atoms with Crippen LogP contribution in [0.5, 0.6) is 0 Å². The Hall–Kier alpha value is -0.550. The molecule has 2 heteroatoms. The first kappa shape index (κ1) is 5.45. The van der Waals surface area contributed by atoms with Gasteiger partial charge in [-0.3, -0.25) is 0 Å². The molecule has 0 saturated carbocycles. The van der Waals surface area contributed by atoms with Gasteiger partial charge in [0.2, 0.25) is 0 Å². The van der Waals surface area contributed by atoms with E-state index in [1.807, 2.05) is 0 Å². The normalized spacial score (nSPS) is 18.3. The summed E-state index contributed by atoms with van der Waals surface area (Å²) in [5.74, 6) is 0. The van der Waals surface area contributed by atoms with Crippen molar-refractivity contribution >= 4 is 0 Å². The molecule has 0 bridgehead atoms. The first-order chi connectivity index (χ1) is 2.56. The molecule has 0 radical (unpaired) electrons. The van der Waals surface area contributed by atoms with Crippen molar-refractivity contribution in [2.24, 2.45) is 0 Å². The predicted molar refractivity (Wildman–Crippen MR) is 21.9 cm³/mol. The van der Waals surface area contributed by atoms with Gasteiger partial charge in [0, 0.05) is 0 Å². The van der Waals surface area contributed by atoms with Gasteiger partial charge in [-0.15, -0.1) is 0 Å². The van der Waals surface area contributed by atoms with Gasteiger partial charge >= 0.3 is 0 Å². The van der Waals surface area contributed by atoms with E-state index in [1.165, 1.54) is 13.8 Å². The maximum absolute atomic E-state index is 8.47. The lowest BCUT2D eigenvalue weighted by Crippen LogP contribution is -2.13. The Morgan fingerprint density at radius 3 is 1.83 bits per heavy atom. The molecule has 0 aromatic rings. The maximum Gasteiger partial charge on any atom is 0.145 e. The lowest BCUT2D eigenvalue weighted by Gasteiger charge is -2.00. The zero-order valence-corrected chi connectivity index (χ0v) is 3.89. The van der Waals surface area contributed by atoms with Crippen LogP contribution >= 0.6 is 0 Å². The largest absolute Gasteiger partial charge is 0.376 e. The van der Waals surface area contributed by atoms with E-state index < -0.39 is 5.60 Å². The SMILES string of the molecule is CC([11CH3])(O)C#N. The highest BCUT2D eigenvalue weighted by molar-refractivity contribution is 4.91.